The van der Waals surface area contributed by atoms with E-state index in [0.717, 1.165) is 6.07 Å². The van der Waals surface area contributed by atoms with Crippen molar-refractivity contribution in [3.8, 4) is 6.07 Å². The lowest BCUT2D eigenvalue weighted by molar-refractivity contribution is 0.0525. The molecule has 1 aromatic carbocycles. The van der Waals surface area contributed by atoms with Gasteiger partial charge >= 0.3 is 5.97 Å². The summed E-state index contributed by atoms with van der Waals surface area (Å²) in [7, 11) is 0. The summed E-state index contributed by atoms with van der Waals surface area (Å²) in [6.45, 7) is 1.82. The topological polar surface area (TPSA) is 50.1 Å². The van der Waals surface area contributed by atoms with Crippen molar-refractivity contribution in [3.05, 3.63) is 34.4 Å². The van der Waals surface area contributed by atoms with E-state index in [9.17, 15) is 13.6 Å². The quantitative estimate of drug-likeness (QED) is 0.630. The maximum atomic E-state index is 12.7. The van der Waals surface area contributed by atoms with Crippen molar-refractivity contribution in [2.45, 2.75) is 18.7 Å². The minimum atomic E-state index is -2.76. The molecule has 0 aliphatic carbocycles. The third kappa shape index (κ3) is 2.85. The first-order valence-corrected chi connectivity index (χ1v) is 6.26. The summed E-state index contributed by atoms with van der Waals surface area (Å²) >= 11 is 3.10. The molecule has 0 saturated heterocycles. The van der Waals surface area contributed by atoms with Gasteiger partial charge in [-0.3, -0.25) is 0 Å². The van der Waals surface area contributed by atoms with Crippen LogP contribution < -0.4 is 0 Å². The molecular weight excluding hydrogens is 308 g/mol. The first-order valence-electron chi connectivity index (χ1n) is 5.13. The molecule has 0 radical (unpaired) electrons. The Labute approximate surface area is 111 Å². The Balaban J connectivity index is 3.40. The molecule has 0 atom stereocenters. The molecule has 96 valence electrons. The van der Waals surface area contributed by atoms with Crippen molar-refractivity contribution in [2.75, 3.05) is 6.61 Å². The molecule has 0 amide bonds. The van der Waals surface area contributed by atoms with Gasteiger partial charge in [0.2, 0.25) is 0 Å². The van der Waals surface area contributed by atoms with Crippen molar-refractivity contribution in [1.29, 1.82) is 5.26 Å². The van der Waals surface area contributed by atoms with Crippen molar-refractivity contribution >= 4 is 21.9 Å². The highest BCUT2D eigenvalue weighted by Crippen LogP contribution is 2.29. The van der Waals surface area contributed by atoms with Crippen molar-refractivity contribution in [2.24, 2.45) is 0 Å². The number of halogens is 3. The SMILES string of the molecule is CCOC(=O)c1ccc(C(F)F)c(C#N)c1CBr. The summed E-state index contributed by atoms with van der Waals surface area (Å²) < 4.78 is 30.3. The van der Waals surface area contributed by atoms with Crippen LogP contribution in [0.4, 0.5) is 8.78 Å². The van der Waals surface area contributed by atoms with Crippen molar-refractivity contribution in [3.63, 3.8) is 0 Å². The van der Waals surface area contributed by atoms with Gasteiger partial charge in [-0.1, -0.05) is 22.0 Å². The van der Waals surface area contributed by atoms with E-state index in [1.165, 1.54) is 6.07 Å². The van der Waals surface area contributed by atoms with E-state index in [2.05, 4.69) is 15.9 Å². The number of nitriles is 1. The van der Waals surface area contributed by atoms with E-state index in [4.69, 9.17) is 10.00 Å². The maximum Gasteiger partial charge on any atom is 0.338 e. The Morgan fingerprint density at radius 2 is 2.22 bits per heavy atom. The van der Waals surface area contributed by atoms with Crippen LogP contribution in [-0.4, -0.2) is 12.6 Å². The van der Waals surface area contributed by atoms with Gasteiger partial charge in [-0.15, -0.1) is 0 Å². The van der Waals surface area contributed by atoms with E-state index in [-0.39, 0.29) is 34.2 Å². The summed E-state index contributed by atoms with van der Waals surface area (Å²) in [5, 5.41) is 9.09. The van der Waals surface area contributed by atoms with Gasteiger partial charge in [-0.25, -0.2) is 13.6 Å². The van der Waals surface area contributed by atoms with E-state index < -0.39 is 12.4 Å². The molecule has 0 bridgehead atoms. The van der Waals surface area contributed by atoms with Gasteiger partial charge in [-0.05, 0) is 18.6 Å². The smallest absolute Gasteiger partial charge is 0.338 e. The standard InChI is InChI=1S/C12H10BrF2NO2/c1-2-18-12(17)8-4-3-7(11(14)15)10(6-16)9(8)5-13/h3-4,11H,2,5H2,1H3. The van der Waals surface area contributed by atoms with Crippen LogP contribution in [0.5, 0.6) is 0 Å². The zero-order valence-electron chi connectivity index (χ0n) is 9.54. The van der Waals surface area contributed by atoms with Crippen molar-refractivity contribution < 1.29 is 18.3 Å². The molecular formula is C12H10BrF2NO2. The second-order valence-electron chi connectivity index (χ2n) is 3.32. The van der Waals surface area contributed by atoms with Crippen LogP contribution in [0, 0.1) is 11.3 Å². The number of hydrogen-bond donors (Lipinski definition) is 0. The van der Waals surface area contributed by atoms with Crippen LogP contribution in [0.3, 0.4) is 0 Å². The van der Waals surface area contributed by atoms with Gasteiger partial charge in [0, 0.05) is 10.9 Å². The number of nitrogens with zero attached hydrogens (tertiary/aromatic N) is 1. The third-order valence-corrected chi connectivity index (χ3v) is 2.88. The monoisotopic (exact) mass is 317 g/mol. The van der Waals surface area contributed by atoms with E-state index in [0.29, 0.717) is 0 Å². The van der Waals surface area contributed by atoms with Crippen LogP contribution in [0.2, 0.25) is 0 Å². The van der Waals surface area contributed by atoms with Gasteiger partial charge in [-0.2, -0.15) is 5.26 Å². The number of hydrogen-bond acceptors (Lipinski definition) is 3. The second kappa shape index (κ2) is 6.45. The Bertz CT molecular complexity index is 498. The van der Waals surface area contributed by atoms with Gasteiger partial charge in [0.1, 0.15) is 0 Å². The van der Waals surface area contributed by atoms with Crippen LogP contribution in [0.25, 0.3) is 0 Å². The third-order valence-electron chi connectivity index (χ3n) is 2.32. The van der Waals surface area contributed by atoms with Gasteiger partial charge in [0.05, 0.1) is 23.8 Å². The van der Waals surface area contributed by atoms with E-state index in [1.54, 1.807) is 13.0 Å². The van der Waals surface area contributed by atoms with Crippen LogP contribution >= 0.6 is 15.9 Å². The molecule has 18 heavy (non-hydrogen) atoms. The van der Waals surface area contributed by atoms with E-state index in [1.807, 2.05) is 0 Å². The molecule has 0 N–H and O–H groups in total. The van der Waals surface area contributed by atoms with Crippen molar-refractivity contribution in [1.82, 2.24) is 0 Å². The predicted octanol–water partition coefficient (Wildman–Crippen LogP) is 3.57. The molecule has 0 unspecified atom stereocenters. The molecule has 1 aromatic rings. The Morgan fingerprint density at radius 1 is 1.56 bits per heavy atom. The molecule has 6 heteroatoms. The lowest BCUT2D eigenvalue weighted by Gasteiger charge is -2.11. The largest absolute Gasteiger partial charge is 0.462 e. The molecule has 3 nitrogen and oxygen atoms in total. The summed E-state index contributed by atoms with van der Waals surface area (Å²) in [6, 6.07) is 4.06. The Morgan fingerprint density at radius 3 is 2.67 bits per heavy atom. The number of esters is 1. The van der Waals surface area contributed by atoms with Gasteiger partial charge in [0.15, 0.2) is 0 Å². The fourth-order valence-corrected chi connectivity index (χ4v) is 2.10. The Kier molecular flexibility index (Phi) is 5.23. The van der Waals surface area contributed by atoms with E-state index >= 15 is 0 Å². The molecule has 0 aliphatic heterocycles. The molecule has 0 aliphatic rings. The molecule has 0 aromatic heterocycles. The first kappa shape index (κ1) is 14.6. The zero-order chi connectivity index (χ0) is 13.7. The number of carbonyl (C=O) groups excluding carboxylic acids is 1. The number of benzene rings is 1. The van der Waals surface area contributed by atoms with Crippen LogP contribution in [0.1, 0.15) is 40.4 Å². The second-order valence-corrected chi connectivity index (χ2v) is 3.88. The highest BCUT2D eigenvalue weighted by Gasteiger charge is 2.22. The average Bonchev–Trinajstić information content (AvgIpc) is 2.36. The average molecular weight is 318 g/mol. The zero-order valence-corrected chi connectivity index (χ0v) is 11.1. The number of alkyl halides is 3. The minimum Gasteiger partial charge on any atom is -0.462 e. The molecule has 0 heterocycles. The molecule has 1 rings (SSSR count). The summed E-state index contributed by atoms with van der Waals surface area (Å²) in [5.41, 5.74) is -0.184. The maximum absolute atomic E-state index is 12.7. The first-order chi connectivity index (χ1) is 8.56. The summed E-state index contributed by atoms with van der Waals surface area (Å²) in [5.74, 6) is -0.621. The number of ether oxygens (including phenoxy) is 1. The fourth-order valence-electron chi connectivity index (χ4n) is 1.52. The molecule has 0 spiro atoms. The minimum absolute atomic E-state index is 0.130. The highest BCUT2D eigenvalue weighted by molar-refractivity contribution is 9.08. The summed E-state index contributed by atoms with van der Waals surface area (Å²) in [4.78, 5) is 11.6. The number of carbonyl (C=O) groups is 1. The molecule has 0 saturated carbocycles. The number of rotatable bonds is 4. The summed E-state index contributed by atoms with van der Waals surface area (Å²) in [6.07, 6.45) is -2.76. The van der Waals surface area contributed by atoms with Crippen LogP contribution in [-0.2, 0) is 10.1 Å². The highest BCUT2D eigenvalue weighted by atomic mass is 79.9. The Hall–Kier alpha value is -1.48. The molecule has 0 fully saturated rings. The normalized spacial score (nSPS) is 10.2. The van der Waals surface area contributed by atoms with Gasteiger partial charge in [0.25, 0.3) is 6.43 Å². The lowest BCUT2D eigenvalue weighted by Crippen LogP contribution is -2.10. The van der Waals surface area contributed by atoms with Crippen LogP contribution in [0.15, 0.2) is 12.1 Å². The predicted molar refractivity (Wildman–Crippen MR) is 64.7 cm³/mol. The lowest BCUT2D eigenvalue weighted by atomic mass is 9.98. The van der Waals surface area contributed by atoms with Gasteiger partial charge < -0.3 is 4.74 Å². The fraction of sp³-hybridized carbons (Fsp3) is 0.333.